The van der Waals surface area contributed by atoms with Gasteiger partial charge in [-0.1, -0.05) is 12.1 Å². The Morgan fingerprint density at radius 3 is 2.77 bits per heavy atom. The standard InChI is InChI=1S/C23H27N5O3/c1-13(2)28-9-5-6-16-11-15(7-8-18(16)28)12-24-21(29)17-10-14(3)25-20-19(17)22(30)26-23(31)27(20)4/h7-8,10-11,13H,5-6,9,12H2,1-4H3,(H,24,29)(H,26,30,31). The van der Waals surface area contributed by atoms with E-state index in [-0.39, 0.29) is 22.5 Å². The van der Waals surface area contributed by atoms with Crippen LogP contribution in [0.3, 0.4) is 0 Å². The second kappa shape index (κ2) is 8.02. The van der Waals surface area contributed by atoms with Gasteiger partial charge in [0.1, 0.15) is 5.65 Å². The maximum absolute atomic E-state index is 13.0. The Morgan fingerprint density at radius 2 is 2.03 bits per heavy atom. The molecule has 2 N–H and O–H groups in total. The van der Waals surface area contributed by atoms with E-state index in [1.165, 1.54) is 22.9 Å². The number of aromatic nitrogens is 3. The molecule has 31 heavy (non-hydrogen) atoms. The van der Waals surface area contributed by atoms with Gasteiger partial charge in [0.05, 0.1) is 10.9 Å². The first-order valence-corrected chi connectivity index (χ1v) is 10.5. The van der Waals surface area contributed by atoms with Crippen LogP contribution in [0.4, 0.5) is 5.69 Å². The molecular weight excluding hydrogens is 394 g/mol. The van der Waals surface area contributed by atoms with Crippen molar-refractivity contribution in [1.82, 2.24) is 19.9 Å². The van der Waals surface area contributed by atoms with E-state index >= 15 is 0 Å². The number of benzene rings is 1. The Labute approximate surface area is 179 Å². The number of H-pyrrole nitrogens is 1. The van der Waals surface area contributed by atoms with Crippen LogP contribution < -0.4 is 21.5 Å². The van der Waals surface area contributed by atoms with Crippen molar-refractivity contribution in [1.29, 1.82) is 0 Å². The number of fused-ring (bicyclic) bond motifs is 2. The molecule has 3 heterocycles. The number of anilines is 1. The van der Waals surface area contributed by atoms with E-state index in [0.717, 1.165) is 24.9 Å². The van der Waals surface area contributed by atoms with Crippen LogP contribution in [0.5, 0.6) is 0 Å². The topological polar surface area (TPSA) is 100 Å². The third-order valence-electron chi connectivity index (χ3n) is 5.82. The third-order valence-corrected chi connectivity index (χ3v) is 5.82. The number of carbonyl (C=O) groups is 1. The van der Waals surface area contributed by atoms with Crippen LogP contribution >= 0.6 is 0 Å². The number of aromatic amines is 1. The highest BCUT2D eigenvalue weighted by Crippen LogP contribution is 2.29. The largest absolute Gasteiger partial charge is 0.369 e. The lowest BCUT2D eigenvalue weighted by Gasteiger charge is -2.35. The quantitative estimate of drug-likeness (QED) is 0.671. The number of nitrogens with one attached hydrogen (secondary N) is 2. The zero-order valence-corrected chi connectivity index (χ0v) is 18.3. The summed E-state index contributed by atoms with van der Waals surface area (Å²) in [6, 6.07) is 8.33. The molecule has 0 saturated carbocycles. The predicted octanol–water partition coefficient (Wildman–Crippen LogP) is 2.02. The van der Waals surface area contributed by atoms with Crippen LogP contribution in [0.15, 0.2) is 33.9 Å². The summed E-state index contributed by atoms with van der Waals surface area (Å²) in [5.74, 6) is -0.374. The van der Waals surface area contributed by atoms with Crippen molar-refractivity contribution in [2.45, 2.75) is 46.2 Å². The first-order valence-electron chi connectivity index (χ1n) is 10.5. The molecule has 0 unspecified atom stereocenters. The van der Waals surface area contributed by atoms with E-state index in [1.807, 2.05) is 6.07 Å². The van der Waals surface area contributed by atoms with E-state index in [2.05, 4.69) is 46.2 Å². The summed E-state index contributed by atoms with van der Waals surface area (Å²) in [6.45, 7) is 7.53. The highest BCUT2D eigenvalue weighted by molar-refractivity contribution is 6.05. The van der Waals surface area contributed by atoms with Crippen molar-refractivity contribution in [2.24, 2.45) is 7.05 Å². The average molecular weight is 422 g/mol. The number of hydrogen-bond acceptors (Lipinski definition) is 5. The summed E-state index contributed by atoms with van der Waals surface area (Å²) < 4.78 is 1.24. The normalized spacial score (nSPS) is 13.5. The number of rotatable bonds is 4. The SMILES string of the molecule is Cc1cc(C(=O)NCc2ccc3c(c2)CCCN3C(C)C)c2c(=O)[nH]c(=O)n(C)c2n1. The second-order valence-corrected chi connectivity index (χ2v) is 8.36. The number of pyridine rings is 1. The fraction of sp³-hybridized carbons (Fsp3) is 0.391. The van der Waals surface area contributed by atoms with Gasteiger partial charge in [0.2, 0.25) is 0 Å². The summed E-state index contributed by atoms with van der Waals surface area (Å²) in [6.07, 6.45) is 2.14. The van der Waals surface area contributed by atoms with Crippen molar-refractivity contribution >= 4 is 22.6 Å². The molecule has 0 bridgehead atoms. The number of nitrogens with zero attached hydrogens (tertiary/aromatic N) is 3. The lowest BCUT2D eigenvalue weighted by Crippen LogP contribution is -2.35. The molecule has 0 atom stereocenters. The predicted molar refractivity (Wildman–Crippen MR) is 121 cm³/mol. The molecule has 1 amide bonds. The van der Waals surface area contributed by atoms with Crippen molar-refractivity contribution < 1.29 is 4.79 Å². The van der Waals surface area contributed by atoms with Gasteiger partial charge < -0.3 is 10.2 Å². The van der Waals surface area contributed by atoms with Gasteiger partial charge >= 0.3 is 5.69 Å². The van der Waals surface area contributed by atoms with Gasteiger partial charge in [-0.2, -0.15) is 0 Å². The monoisotopic (exact) mass is 421 g/mol. The Kier molecular flexibility index (Phi) is 5.39. The molecule has 8 nitrogen and oxygen atoms in total. The first-order chi connectivity index (χ1) is 14.8. The van der Waals surface area contributed by atoms with Crippen LogP contribution in [-0.2, 0) is 20.0 Å². The molecule has 0 spiro atoms. The second-order valence-electron chi connectivity index (χ2n) is 8.36. The molecule has 2 aromatic heterocycles. The highest BCUT2D eigenvalue weighted by atomic mass is 16.2. The van der Waals surface area contributed by atoms with Crippen molar-refractivity contribution in [3.8, 4) is 0 Å². The molecule has 3 aromatic rings. The van der Waals surface area contributed by atoms with E-state index in [9.17, 15) is 14.4 Å². The lowest BCUT2D eigenvalue weighted by molar-refractivity contribution is 0.0952. The van der Waals surface area contributed by atoms with Crippen molar-refractivity contribution in [3.05, 3.63) is 67.5 Å². The summed E-state index contributed by atoms with van der Waals surface area (Å²) in [5.41, 5.74) is 3.35. The Bertz CT molecular complexity index is 1290. The van der Waals surface area contributed by atoms with Crippen molar-refractivity contribution in [2.75, 3.05) is 11.4 Å². The molecular formula is C23H27N5O3. The fourth-order valence-corrected chi connectivity index (χ4v) is 4.25. The number of hydrogen-bond donors (Lipinski definition) is 2. The molecule has 0 saturated heterocycles. The van der Waals surface area contributed by atoms with Crippen LogP contribution in [0.25, 0.3) is 11.0 Å². The zero-order valence-electron chi connectivity index (χ0n) is 18.3. The van der Waals surface area contributed by atoms with Crippen LogP contribution in [0.1, 0.15) is 47.4 Å². The molecule has 0 fully saturated rings. The first kappa shape index (κ1) is 20.8. The molecule has 1 aromatic carbocycles. The molecule has 162 valence electrons. The van der Waals surface area contributed by atoms with Gasteiger partial charge in [0.15, 0.2) is 0 Å². The third kappa shape index (κ3) is 3.85. The maximum atomic E-state index is 13.0. The number of aryl methyl sites for hydroxylation is 3. The van der Waals surface area contributed by atoms with Gasteiger partial charge in [-0.05, 0) is 56.9 Å². The molecule has 1 aliphatic heterocycles. The molecule has 8 heteroatoms. The summed E-state index contributed by atoms with van der Waals surface area (Å²) in [7, 11) is 1.52. The van der Waals surface area contributed by atoms with E-state index in [0.29, 0.717) is 18.3 Å². The number of carbonyl (C=O) groups excluding carboxylic acids is 1. The number of amides is 1. The Morgan fingerprint density at radius 1 is 1.26 bits per heavy atom. The summed E-state index contributed by atoms with van der Waals surface area (Å²) in [5, 5.41) is 3.03. The minimum atomic E-state index is -0.613. The Hall–Kier alpha value is -3.42. The van der Waals surface area contributed by atoms with Crippen LogP contribution in [-0.4, -0.2) is 33.0 Å². The highest BCUT2D eigenvalue weighted by Gasteiger charge is 2.20. The zero-order chi connectivity index (χ0) is 22.3. The van der Waals surface area contributed by atoms with Gasteiger partial charge in [0.25, 0.3) is 11.5 Å². The lowest BCUT2D eigenvalue weighted by atomic mass is 9.98. The van der Waals surface area contributed by atoms with Gasteiger partial charge in [-0.15, -0.1) is 0 Å². The van der Waals surface area contributed by atoms with Gasteiger partial charge in [-0.25, -0.2) is 9.78 Å². The van der Waals surface area contributed by atoms with Crippen LogP contribution in [0.2, 0.25) is 0 Å². The summed E-state index contributed by atoms with van der Waals surface area (Å²) >= 11 is 0. The van der Waals surface area contributed by atoms with Crippen LogP contribution in [0, 0.1) is 6.92 Å². The summed E-state index contributed by atoms with van der Waals surface area (Å²) in [4.78, 5) is 46.2. The molecule has 4 rings (SSSR count). The fourth-order valence-electron chi connectivity index (χ4n) is 4.25. The minimum Gasteiger partial charge on any atom is -0.369 e. The molecule has 1 aliphatic rings. The average Bonchev–Trinajstić information content (AvgIpc) is 2.74. The van der Waals surface area contributed by atoms with E-state index in [4.69, 9.17) is 0 Å². The maximum Gasteiger partial charge on any atom is 0.329 e. The van der Waals surface area contributed by atoms with Crippen molar-refractivity contribution in [3.63, 3.8) is 0 Å². The minimum absolute atomic E-state index is 0.114. The van der Waals surface area contributed by atoms with Gasteiger partial charge in [0, 0.05) is 37.6 Å². The van der Waals surface area contributed by atoms with Gasteiger partial charge in [-0.3, -0.25) is 19.1 Å². The van der Waals surface area contributed by atoms with E-state index < -0.39 is 11.2 Å². The molecule has 0 aliphatic carbocycles. The molecule has 0 radical (unpaired) electrons. The Balaban J connectivity index is 1.62. The van der Waals surface area contributed by atoms with E-state index in [1.54, 1.807) is 13.0 Å². The smallest absolute Gasteiger partial charge is 0.329 e.